The molecule has 7 rings (SSSR count). The van der Waals surface area contributed by atoms with E-state index in [2.05, 4.69) is 42.4 Å². The summed E-state index contributed by atoms with van der Waals surface area (Å²) in [4.78, 5) is 42.5. The number of aromatic nitrogens is 2. The van der Waals surface area contributed by atoms with Crippen LogP contribution >= 0.6 is 11.3 Å². The number of aliphatic hydroxyl groups excluding tert-OH is 1. The minimum absolute atomic E-state index is 0.00106. The molecule has 0 saturated carbocycles. The Morgan fingerprint density at radius 1 is 1.13 bits per heavy atom. The third kappa shape index (κ3) is 7.10. The molecule has 252 valence electrons. The number of carbonyl (C=O) groups is 2. The molecule has 11 heteroatoms. The van der Waals surface area contributed by atoms with E-state index in [0.717, 1.165) is 86.4 Å². The van der Waals surface area contributed by atoms with Crippen molar-refractivity contribution >= 4 is 33.5 Å². The number of likely N-dealkylation sites (tertiary alicyclic amines) is 1. The fourth-order valence-corrected chi connectivity index (χ4v) is 8.59. The van der Waals surface area contributed by atoms with Crippen LogP contribution in [-0.2, 0) is 17.6 Å². The number of fused-ring (bicyclic) bond motifs is 3. The summed E-state index contributed by atoms with van der Waals surface area (Å²) in [6.45, 7) is 12.0. The number of piperidine rings is 1. The van der Waals surface area contributed by atoms with Crippen molar-refractivity contribution in [3.05, 3.63) is 57.7 Å². The number of ether oxygens (including phenoxy) is 1. The van der Waals surface area contributed by atoms with Crippen LogP contribution in [-0.4, -0.2) is 101 Å². The summed E-state index contributed by atoms with van der Waals surface area (Å²) >= 11 is 1.35. The van der Waals surface area contributed by atoms with Gasteiger partial charge in [-0.3, -0.25) is 9.59 Å². The molecule has 10 nitrogen and oxygen atoms in total. The molecular formula is C36H48N6O4S. The molecule has 3 N–H and O–H groups in total. The molecule has 4 aliphatic rings. The summed E-state index contributed by atoms with van der Waals surface area (Å²) in [6, 6.07) is 9.60. The molecular weight excluding hydrogens is 613 g/mol. The highest BCUT2D eigenvalue weighted by molar-refractivity contribution is 7.19. The molecule has 1 aromatic carbocycles. The number of nitrogens with one attached hydrogen (secondary N) is 2. The Labute approximate surface area is 281 Å². The third-order valence-corrected chi connectivity index (χ3v) is 11.7. The van der Waals surface area contributed by atoms with Crippen molar-refractivity contribution in [1.29, 1.82) is 0 Å². The summed E-state index contributed by atoms with van der Waals surface area (Å²) in [7, 11) is 0. The Hall–Kier alpha value is -2.96. The van der Waals surface area contributed by atoms with Gasteiger partial charge in [-0.25, -0.2) is 9.97 Å². The first-order valence-corrected chi connectivity index (χ1v) is 18.2. The predicted octanol–water partition coefficient (Wildman–Crippen LogP) is 3.97. The lowest BCUT2D eigenvalue weighted by Gasteiger charge is -2.37. The normalized spacial score (nSPS) is 24.6. The maximum absolute atomic E-state index is 13.9. The smallest absolute Gasteiger partial charge is 0.280 e. The van der Waals surface area contributed by atoms with Gasteiger partial charge in [0.25, 0.3) is 11.8 Å². The number of hydrogen-bond acceptors (Lipinski definition) is 9. The molecule has 4 atom stereocenters. The van der Waals surface area contributed by atoms with Crippen LogP contribution < -0.4 is 10.6 Å². The van der Waals surface area contributed by atoms with Gasteiger partial charge in [0.2, 0.25) is 0 Å². The van der Waals surface area contributed by atoms with Crippen LogP contribution in [0.4, 0.5) is 0 Å². The van der Waals surface area contributed by atoms with Crippen molar-refractivity contribution in [3.8, 4) is 0 Å². The van der Waals surface area contributed by atoms with Gasteiger partial charge in [-0.15, -0.1) is 0 Å². The summed E-state index contributed by atoms with van der Waals surface area (Å²) < 4.78 is 5.90. The van der Waals surface area contributed by atoms with Gasteiger partial charge < -0.3 is 30.3 Å². The number of hydrogen-bond donors (Lipinski definition) is 3. The first-order valence-electron chi connectivity index (χ1n) is 17.4. The molecule has 3 aromatic rings. The standard InChI is InChI=1S/C36H48N6O4S/c1-36(2,3)25-7-8-27-24(18-25)19-29-33(39-27)47-34(40-29)32(44)38-28(11-14-41-12-9-26(43)10-13-41)22-5-4-6-23(17-22)35(45)42-15-16-46-31-21-37-20-30(31)42/h4-6,17,19,25-26,28,30-31,37,43H,7-16,18,20-21H2,1-3H3,(H,38,44)/t25-,28?,30+,31-/m0/s1. The lowest BCUT2D eigenvalue weighted by molar-refractivity contribution is -0.0364. The summed E-state index contributed by atoms with van der Waals surface area (Å²) in [6.07, 6.45) is 5.07. The molecule has 0 spiro atoms. The van der Waals surface area contributed by atoms with E-state index >= 15 is 0 Å². The van der Waals surface area contributed by atoms with Crippen LogP contribution in [0.25, 0.3) is 10.3 Å². The minimum atomic E-state index is -0.312. The van der Waals surface area contributed by atoms with E-state index in [-0.39, 0.29) is 41.5 Å². The van der Waals surface area contributed by atoms with Gasteiger partial charge in [-0.1, -0.05) is 44.2 Å². The van der Waals surface area contributed by atoms with Gasteiger partial charge >= 0.3 is 0 Å². The highest BCUT2D eigenvalue weighted by atomic mass is 32.1. The maximum Gasteiger partial charge on any atom is 0.280 e. The number of aliphatic hydroxyl groups is 1. The number of aryl methyl sites for hydroxylation is 1. The number of rotatable bonds is 7. The van der Waals surface area contributed by atoms with Crippen molar-refractivity contribution in [2.45, 2.75) is 83.6 Å². The number of pyridine rings is 1. The topological polar surface area (TPSA) is 120 Å². The second-order valence-corrected chi connectivity index (χ2v) is 15.9. The molecule has 1 aliphatic carbocycles. The zero-order valence-electron chi connectivity index (χ0n) is 27.8. The molecule has 1 unspecified atom stereocenters. The first-order chi connectivity index (χ1) is 22.6. The largest absolute Gasteiger partial charge is 0.393 e. The third-order valence-electron chi connectivity index (χ3n) is 10.8. The van der Waals surface area contributed by atoms with Crippen LogP contribution in [0.5, 0.6) is 0 Å². The fraction of sp³-hybridized carbons (Fsp3) is 0.611. The average Bonchev–Trinajstić information content (AvgIpc) is 3.72. The summed E-state index contributed by atoms with van der Waals surface area (Å²) in [5.74, 6) is 0.378. The van der Waals surface area contributed by atoms with Crippen LogP contribution in [0.3, 0.4) is 0 Å². The quantitative estimate of drug-likeness (QED) is 0.349. The Bertz CT molecular complexity index is 1610. The molecule has 2 aromatic heterocycles. The maximum atomic E-state index is 13.9. The van der Waals surface area contributed by atoms with Crippen LogP contribution in [0.1, 0.15) is 89.5 Å². The zero-order chi connectivity index (χ0) is 32.7. The number of benzene rings is 1. The number of morpholine rings is 1. The van der Waals surface area contributed by atoms with Crippen LogP contribution in [0.15, 0.2) is 30.3 Å². The minimum Gasteiger partial charge on any atom is -0.393 e. The number of carbonyl (C=O) groups excluding carboxylic acids is 2. The first kappa shape index (κ1) is 32.6. The number of thiazole rings is 1. The molecule has 5 heterocycles. The van der Waals surface area contributed by atoms with Crippen molar-refractivity contribution in [3.63, 3.8) is 0 Å². The molecule has 0 radical (unpaired) electrons. The zero-order valence-corrected chi connectivity index (χ0v) is 28.7. The Balaban J connectivity index is 1.11. The molecule has 47 heavy (non-hydrogen) atoms. The molecule has 2 amide bonds. The van der Waals surface area contributed by atoms with Crippen LogP contribution in [0.2, 0.25) is 0 Å². The highest BCUT2D eigenvalue weighted by Crippen LogP contribution is 2.38. The lowest BCUT2D eigenvalue weighted by atomic mass is 9.71. The van der Waals surface area contributed by atoms with Crippen molar-refractivity contribution < 1.29 is 19.4 Å². The summed E-state index contributed by atoms with van der Waals surface area (Å²) in [5, 5.41) is 17.1. The monoisotopic (exact) mass is 660 g/mol. The Morgan fingerprint density at radius 2 is 1.96 bits per heavy atom. The van der Waals surface area contributed by atoms with Gasteiger partial charge in [0.1, 0.15) is 10.3 Å². The molecule has 0 bridgehead atoms. The highest BCUT2D eigenvalue weighted by Gasteiger charge is 2.39. The molecule has 3 aliphatic heterocycles. The second kappa shape index (κ2) is 13.5. The van der Waals surface area contributed by atoms with E-state index in [1.165, 1.54) is 16.9 Å². The van der Waals surface area contributed by atoms with E-state index < -0.39 is 0 Å². The van der Waals surface area contributed by atoms with E-state index in [0.29, 0.717) is 36.1 Å². The van der Waals surface area contributed by atoms with Crippen LogP contribution in [0, 0.1) is 11.3 Å². The van der Waals surface area contributed by atoms with Gasteiger partial charge in [0.05, 0.1) is 30.9 Å². The van der Waals surface area contributed by atoms with Gasteiger partial charge in [0.15, 0.2) is 5.01 Å². The van der Waals surface area contributed by atoms with Crippen molar-refractivity contribution in [2.75, 3.05) is 45.9 Å². The van der Waals surface area contributed by atoms with E-state index in [9.17, 15) is 14.7 Å². The van der Waals surface area contributed by atoms with Gasteiger partial charge in [-0.05, 0) is 79.2 Å². The average molecular weight is 661 g/mol. The van der Waals surface area contributed by atoms with E-state index in [4.69, 9.17) is 14.7 Å². The lowest BCUT2D eigenvalue weighted by Crippen LogP contribution is -2.53. The number of nitrogens with zero attached hydrogens (tertiary/aromatic N) is 4. The fourth-order valence-electron chi connectivity index (χ4n) is 7.74. The van der Waals surface area contributed by atoms with Gasteiger partial charge in [0, 0.05) is 50.5 Å². The van der Waals surface area contributed by atoms with Gasteiger partial charge in [-0.2, -0.15) is 0 Å². The summed E-state index contributed by atoms with van der Waals surface area (Å²) in [5.41, 5.74) is 4.95. The number of amides is 2. The Kier molecular flexibility index (Phi) is 9.36. The van der Waals surface area contributed by atoms with Crippen molar-refractivity contribution in [1.82, 2.24) is 30.4 Å². The SMILES string of the molecule is CC(C)(C)[C@H]1CCc2nc3sc(C(=O)NC(CCN4CCC(O)CC4)c4cccc(C(=O)N5CCO[C@H]6CNC[C@H]65)c4)nc3cc2C1. The molecule has 3 fully saturated rings. The predicted molar refractivity (Wildman–Crippen MR) is 183 cm³/mol. The Morgan fingerprint density at radius 3 is 2.77 bits per heavy atom. The van der Waals surface area contributed by atoms with E-state index in [1.807, 2.05) is 29.2 Å². The second-order valence-electron chi connectivity index (χ2n) is 14.9. The van der Waals surface area contributed by atoms with E-state index in [1.54, 1.807) is 0 Å². The molecule has 3 saturated heterocycles. The van der Waals surface area contributed by atoms with Crippen molar-refractivity contribution in [2.24, 2.45) is 11.3 Å².